The van der Waals surface area contributed by atoms with Crippen molar-refractivity contribution >= 4 is 5.97 Å². The van der Waals surface area contributed by atoms with E-state index in [1.54, 1.807) is 0 Å². The topological polar surface area (TPSA) is 26.3 Å². The maximum Gasteiger partial charge on any atom is 0.308 e. The smallest absolute Gasteiger partial charge is 0.308 e. The van der Waals surface area contributed by atoms with Gasteiger partial charge in [-0.25, -0.2) is 0 Å². The van der Waals surface area contributed by atoms with Crippen LogP contribution >= 0.6 is 0 Å². The largest absolute Gasteiger partial charge is 0.465 e. The van der Waals surface area contributed by atoms with Crippen molar-refractivity contribution in [2.24, 2.45) is 11.8 Å². The molecule has 0 saturated carbocycles. The van der Waals surface area contributed by atoms with Gasteiger partial charge in [0.05, 0.1) is 12.5 Å². The van der Waals surface area contributed by atoms with Crippen LogP contribution in [0, 0.1) is 11.8 Å². The quantitative estimate of drug-likeness (QED) is 0.0798. The van der Waals surface area contributed by atoms with Gasteiger partial charge in [0.1, 0.15) is 0 Å². The third kappa shape index (κ3) is 24.9. The van der Waals surface area contributed by atoms with Crippen molar-refractivity contribution in [2.45, 2.75) is 188 Å². The predicted molar refractivity (Wildman–Crippen MR) is 156 cm³/mol. The second-order valence-corrected chi connectivity index (χ2v) is 11.5. The van der Waals surface area contributed by atoms with E-state index in [4.69, 9.17) is 4.74 Å². The van der Waals surface area contributed by atoms with Crippen LogP contribution in [-0.2, 0) is 9.53 Å². The highest BCUT2D eigenvalue weighted by Crippen LogP contribution is 2.20. The molecular formula is C33H66O2. The number of rotatable bonds is 28. The molecule has 0 N–H and O–H groups in total. The predicted octanol–water partition coefficient (Wildman–Crippen LogP) is 11.6. The lowest BCUT2D eigenvalue weighted by Gasteiger charge is -2.18. The van der Waals surface area contributed by atoms with Crippen molar-refractivity contribution in [3.05, 3.63) is 0 Å². The molecule has 2 heteroatoms. The number of hydrogen-bond donors (Lipinski definition) is 0. The van der Waals surface area contributed by atoms with E-state index in [1.165, 1.54) is 154 Å². The van der Waals surface area contributed by atoms with Crippen molar-refractivity contribution in [3.8, 4) is 0 Å². The van der Waals surface area contributed by atoms with E-state index >= 15 is 0 Å². The molecule has 0 aromatic heterocycles. The first-order chi connectivity index (χ1) is 17.2. The third-order valence-electron chi connectivity index (χ3n) is 7.77. The summed E-state index contributed by atoms with van der Waals surface area (Å²) in [4.78, 5) is 12.5. The molecule has 0 aromatic carbocycles. The minimum atomic E-state index is 0.0420. The molecule has 0 aliphatic rings. The first-order valence-corrected chi connectivity index (χ1v) is 16.3. The SMILES string of the molecule is CCCCCCCCCCCCCCCCC(C)C(=O)OCC(CCC)CCCCCCCCC. The van der Waals surface area contributed by atoms with Gasteiger partial charge in [-0.05, 0) is 25.2 Å². The second-order valence-electron chi connectivity index (χ2n) is 11.5. The van der Waals surface area contributed by atoms with Crippen LogP contribution in [0.25, 0.3) is 0 Å². The summed E-state index contributed by atoms with van der Waals surface area (Å²) in [5, 5.41) is 0. The Hall–Kier alpha value is -0.530. The fourth-order valence-electron chi connectivity index (χ4n) is 5.21. The molecule has 0 aliphatic carbocycles. The first-order valence-electron chi connectivity index (χ1n) is 16.3. The molecule has 0 rings (SSSR count). The summed E-state index contributed by atoms with van der Waals surface area (Å²) in [5.74, 6) is 0.668. The van der Waals surface area contributed by atoms with Crippen LogP contribution in [0.4, 0.5) is 0 Å². The summed E-state index contributed by atoms with van der Waals surface area (Å²) in [6, 6.07) is 0. The minimum Gasteiger partial charge on any atom is -0.465 e. The first kappa shape index (κ1) is 34.5. The van der Waals surface area contributed by atoms with Crippen LogP contribution in [0.3, 0.4) is 0 Å². The summed E-state index contributed by atoms with van der Waals surface area (Å²) in [7, 11) is 0. The normalized spacial score (nSPS) is 13.1. The van der Waals surface area contributed by atoms with Crippen LogP contribution < -0.4 is 0 Å². The average Bonchev–Trinajstić information content (AvgIpc) is 2.86. The number of hydrogen-bond acceptors (Lipinski definition) is 2. The Balaban J connectivity index is 3.63. The van der Waals surface area contributed by atoms with E-state index in [-0.39, 0.29) is 11.9 Å². The molecule has 0 heterocycles. The molecule has 2 unspecified atom stereocenters. The molecule has 0 bridgehead atoms. The summed E-state index contributed by atoms with van der Waals surface area (Å²) in [5.41, 5.74) is 0. The van der Waals surface area contributed by atoms with Crippen molar-refractivity contribution in [1.82, 2.24) is 0 Å². The van der Waals surface area contributed by atoms with Gasteiger partial charge in [-0.2, -0.15) is 0 Å². The molecule has 35 heavy (non-hydrogen) atoms. The molecule has 2 nitrogen and oxygen atoms in total. The fraction of sp³-hybridized carbons (Fsp3) is 0.970. The standard InChI is InChI=1S/C33H66O2/c1-5-8-10-12-14-15-16-17-18-19-20-22-23-25-28-31(4)33(34)35-30-32(27-7-3)29-26-24-21-13-11-9-6-2/h31-32H,5-30H2,1-4H3. The van der Waals surface area contributed by atoms with Gasteiger partial charge in [-0.3, -0.25) is 4.79 Å². The van der Waals surface area contributed by atoms with E-state index in [1.807, 2.05) is 0 Å². The van der Waals surface area contributed by atoms with Gasteiger partial charge in [0.2, 0.25) is 0 Å². The Labute approximate surface area is 222 Å². The molecule has 0 spiro atoms. The van der Waals surface area contributed by atoms with Gasteiger partial charge in [0.25, 0.3) is 0 Å². The lowest BCUT2D eigenvalue weighted by molar-refractivity contribution is -0.149. The number of esters is 1. The van der Waals surface area contributed by atoms with Crippen molar-refractivity contribution in [3.63, 3.8) is 0 Å². The van der Waals surface area contributed by atoms with Crippen molar-refractivity contribution in [1.29, 1.82) is 0 Å². The highest BCUT2D eigenvalue weighted by atomic mass is 16.5. The van der Waals surface area contributed by atoms with Crippen LogP contribution in [0.2, 0.25) is 0 Å². The Kier molecular flexibility index (Phi) is 27.6. The zero-order valence-corrected chi connectivity index (χ0v) is 24.9. The minimum absolute atomic E-state index is 0.0420. The maximum atomic E-state index is 12.5. The molecule has 0 aromatic rings. The molecular weight excluding hydrogens is 428 g/mol. The number of unbranched alkanes of at least 4 members (excludes halogenated alkanes) is 19. The highest BCUT2D eigenvalue weighted by Gasteiger charge is 2.16. The fourth-order valence-corrected chi connectivity index (χ4v) is 5.21. The van der Waals surface area contributed by atoms with Gasteiger partial charge in [0, 0.05) is 0 Å². The van der Waals surface area contributed by atoms with E-state index in [9.17, 15) is 4.79 Å². The summed E-state index contributed by atoms with van der Waals surface area (Å²) in [6.07, 6.45) is 33.4. The molecule has 210 valence electrons. The third-order valence-corrected chi connectivity index (χ3v) is 7.77. The lowest BCUT2D eigenvalue weighted by Crippen LogP contribution is -2.19. The van der Waals surface area contributed by atoms with Gasteiger partial charge in [-0.15, -0.1) is 0 Å². The van der Waals surface area contributed by atoms with Crippen LogP contribution in [0.5, 0.6) is 0 Å². The molecule has 0 amide bonds. The second kappa shape index (κ2) is 28.0. The monoisotopic (exact) mass is 495 g/mol. The van der Waals surface area contributed by atoms with Gasteiger partial charge < -0.3 is 4.74 Å². The number of carbonyl (C=O) groups is 1. The Morgan fingerprint density at radius 1 is 0.486 bits per heavy atom. The Bertz CT molecular complexity index is 419. The highest BCUT2D eigenvalue weighted by molar-refractivity contribution is 5.71. The molecule has 0 aliphatic heterocycles. The maximum absolute atomic E-state index is 12.5. The van der Waals surface area contributed by atoms with Crippen LogP contribution in [-0.4, -0.2) is 12.6 Å². The van der Waals surface area contributed by atoms with Crippen LogP contribution in [0.15, 0.2) is 0 Å². The summed E-state index contributed by atoms with van der Waals surface area (Å²) < 4.78 is 5.76. The number of carbonyl (C=O) groups excluding carboxylic acids is 1. The molecule has 0 radical (unpaired) electrons. The zero-order chi connectivity index (χ0) is 25.8. The number of ether oxygens (including phenoxy) is 1. The van der Waals surface area contributed by atoms with Crippen molar-refractivity contribution < 1.29 is 9.53 Å². The summed E-state index contributed by atoms with van der Waals surface area (Å²) in [6.45, 7) is 9.52. The molecule has 0 fully saturated rings. The van der Waals surface area contributed by atoms with Gasteiger partial charge in [-0.1, -0.05) is 169 Å². The van der Waals surface area contributed by atoms with Crippen molar-refractivity contribution in [2.75, 3.05) is 6.61 Å². The Morgan fingerprint density at radius 2 is 0.857 bits per heavy atom. The molecule has 2 atom stereocenters. The van der Waals surface area contributed by atoms with E-state index in [0.717, 1.165) is 6.42 Å². The van der Waals surface area contributed by atoms with Gasteiger partial charge in [0.15, 0.2) is 0 Å². The Morgan fingerprint density at radius 3 is 1.26 bits per heavy atom. The van der Waals surface area contributed by atoms with E-state index < -0.39 is 0 Å². The zero-order valence-electron chi connectivity index (χ0n) is 24.9. The van der Waals surface area contributed by atoms with E-state index in [0.29, 0.717) is 12.5 Å². The average molecular weight is 495 g/mol. The lowest BCUT2D eigenvalue weighted by atomic mass is 9.96. The summed E-state index contributed by atoms with van der Waals surface area (Å²) >= 11 is 0. The van der Waals surface area contributed by atoms with E-state index in [2.05, 4.69) is 27.7 Å². The van der Waals surface area contributed by atoms with Gasteiger partial charge >= 0.3 is 5.97 Å². The molecule has 0 saturated heterocycles. The van der Waals surface area contributed by atoms with Crippen LogP contribution in [0.1, 0.15) is 188 Å².